The summed E-state index contributed by atoms with van der Waals surface area (Å²) in [6.45, 7) is 1.36. The highest BCUT2D eigenvalue weighted by Gasteiger charge is 2.18. The highest BCUT2D eigenvalue weighted by Crippen LogP contribution is 2.30. The van der Waals surface area contributed by atoms with E-state index >= 15 is 0 Å². The van der Waals surface area contributed by atoms with Crippen LogP contribution in [-0.2, 0) is 9.53 Å². The van der Waals surface area contributed by atoms with Crippen molar-refractivity contribution in [3.05, 3.63) is 18.2 Å². The van der Waals surface area contributed by atoms with Gasteiger partial charge in [0.1, 0.15) is 0 Å². The number of nitrogens with one attached hydrogen (secondary N) is 1. The fraction of sp³-hybridized carbons (Fsp3) is 0.385. The fourth-order valence-corrected chi connectivity index (χ4v) is 3.95. The average Bonchev–Trinajstić information content (AvgIpc) is 3.04. The van der Waals surface area contributed by atoms with Crippen molar-refractivity contribution in [2.45, 2.75) is 16.8 Å². The number of carbonyl (C=O) groups excluding carboxylic acids is 1. The van der Waals surface area contributed by atoms with E-state index in [-0.39, 0.29) is 11.9 Å². The molecular weight excluding hydrogens is 294 g/mol. The summed E-state index contributed by atoms with van der Waals surface area (Å²) in [6.07, 6.45) is 0.900. The molecule has 0 spiro atoms. The van der Waals surface area contributed by atoms with Crippen LogP contribution in [0.25, 0.3) is 10.2 Å². The summed E-state index contributed by atoms with van der Waals surface area (Å²) < 4.78 is 7.17. The Morgan fingerprint density at radius 2 is 2.50 bits per heavy atom. The number of hydrogen-bond acceptors (Lipinski definition) is 6. The topological polar surface area (TPSA) is 77.2 Å². The Labute approximate surface area is 124 Å². The van der Waals surface area contributed by atoms with E-state index in [1.54, 1.807) is 11.3 Å². The number of amides is 1. The fourth-order valence-electron chi connectivity index (χ4n) is 2.03. The molecule has 1 saturated heterocycles. The molecule has 0 radical (unpaired) electrons. The zero-order valence-corrected chi connectivity index (χ0v) is 12.4. The van der Waals surface area contributed by atoms with E-state index < -0.39 is 0 Å². The van der Waals surface area contributed by atoms with Gasteiger partial charge in [-0.05, 0) is 24.6 Å². The van der Waals surface area contributed by atoms with E-state index in [9.17, 15) is 4.79 Å². The first-order chi connectivity index (χ1) is 9.70. The van der Waals surface area contributed by atoms with Crippen molar-refractivity contribution < 1.29 is 9.53 Å². The van der Waals surface area contributed by atoms with Crippen molar-refractivity contribution in [3.63, 3.8) is 0 Å². The highest BCUT2D eigenvalue weighted by molar-refractivity contribution is 8.01. The summed E-state index contributed by atoms with van der Waals surface area (Å²) in [5, 5.41) is 2.96. The van der Waals surface area contributed by atoms with Gasteiger partial charge in [-0.2, -0.15) is 0 Å². The maximum atomic E-state index is 11.8. The molecule has 1 aliphatic heterocycles. The van der Waals surface area contributed by atoms with Crippen LogP contribution in [0.5, 0.6) is 0 Å². The van der Waals surface area contributed by atoms with E-state index in [2.05, 4.69) is 10.3 Å². The largest absolute Gasteiger partial charge is 0.399 e. The smallest absolute Gasteiger partial charge is 0.230 e. The summed E-state index contributed by atoms with van der Waals surface area (Å²) in [4.78, 5) is 16.3. The first-order valence-electron chi connectivity index (χ1n) is 6.37. The molecule has 3 rings (SSSR count). The molecule has 1 aromatic carbocycles. The van der Waals surface area contributed by atoms with Crippen LogP contribution in [0, 0.1) is 0 Å². The van der Waals surface area contributed by atoms with E-state index in [4.69, 9.17) is 10.5 Å². The predicted molar refractivity (Wildman–Crippen MR) is 82.1 cm³/mol. The van der Waals surface area contributed by atoms with Crippen molar-refractivity contribution in [1.82, 2.24) is 10.3 Å². The number of hydrogen-bond donors (Lipinski definition) is 2. The molecule has 106 valence electrons. The molecule has 1 aromatic heterocycles. The van der Waals surface area contributed by atoms with Gasteiger partial charge in [-0.15, -0.1) is 11.3 Å². The second kappa shape index (κ2) is 5.99. The van der Waals surface area contributed by atoms with Gasteiger partial charge in [-0.25, -0.2) is 4.98 Å². The van der Waals surface area contributed by atoms with Crippen LogP contribution in [0.1, 0.15) is 6.42 Å². The standard InChI is InChI=1S/C13H15N3O2S2/c14-8-1-2-10-11(5-8)20-13(16-10)19-7-12(17)15-9-3-4-18-6-9/h1-2,5,9H,3-4,6-7,14H2,(H,15,17). The molecule has 2 aromatic rings. The van der Waals surface area contributed by atoms with E-state index in [0.717, 1.165) is 33.3 Å². The van der Waals surface area contributed by atoms with Crippen LogP contribution in [0.3, 0.4) is 0 Å². The summed E-state index contributed by atoms with van der Waals surface area (Å²) in [5.74, 6) is 0.412. The highest BCUT2D eigenvalue weighted by atomic mass is 32.2. The summed E-state index contributed by atoms with van der Waals surface area (Å²) in [6, 6.07) is 5.82. The second-order valence-electron chi connectivity index (χ2n) is 4.62. The zero-order chi connectivity index (χ0) is 13.9. The van der Waals surface area contributed by atoms with Crippen LogP contribution >= 0.6 is 23.1 Å². The van der Waals surface area contributed by atoms with Gasteiger partial charge in [0, 0.05) is 12.3 Å². The summed E-state index contributed by atoms with van der Waals surface area (Å²) in [7, 11) is 0. The van der Waals surface area contributed by atoms with Crippen molar-refractivity contribution >= 4 is 44.9 Å². The van der Waals surface area contributed by atoms with Gasteiger partial charge in [0.25, 0.3) is 0 Å². The van der Waals surface area contributed by atoms with Gasteiger partial charge in [-0.1, -0.05) is 11.8 Å². The third-order valence-corrected chi connectivity index (χ3v) is 5.18. The lowest BCUT2D eigenvalue weighted by Gasteiger charge is -2.09. The number of nitrogens with zero attached hydrogens (tertiary/aromatic N) is 1. The number of rotatable bonds is 4. The monoisotopic (exact) mass is 309 g/mol. The minimum atomic E-state index is 0.0317. The Bertz CT molecular complexity index is 623. The van der Waals surface area contributed by atoms with Crippen LogP contribution in [0.4, 0.5) is 5.69 Å². The number of nitrogen functional groups attached to an aromatic ring is 1. The lowest BCUT2D eigenvalue weighted by Crippen LogP contribution is -2.36. The molecule has 0 bridgehead atoms. The van der Waals surface area contributed by atoms with Gasteiger partial charge in [0.15, 0.2) is 4.34 Å². The molecule has 2 heterocycles. The maximum absolute atomic E-state index is 11.8. The normalized spacial score (nSPS) is 18.5. The van der Waals surface area contributed by atoms with Gasteiger partial charge in [0.05, 0.1) is 28.6 Å². The molecule has 1 aliphatic rings. The quantitative estimate of drug-likeness (QED) is 0.666. The Morgan fingerprint density at radius 1 is 1.60 bits per heavy atom. The third-order valence-electron chi connectivity index (χ3n) is 3.01. The number of ether oxygens (including phenoxy) is 1. The van der Waals surface area contributed by atoms with Crippen molar-refractivity contribution in [3.8, 4) is 0 Å². The number of thioether (sulfide) groups is 1. The van der Waals surface area contributed by atoms with Crippen molar-refractivity contribution in [2.75, 3.05) is 24.7 Å². The van der Waals surface area contributed by atoms with Crippen molar-refractivity contribution in [2.24, 2.45) is 0 Å². The number of thiazole rings is 1. The Morgan fingerprint density at radius 3 is 3.30 bits per heavy atom. The summed E-state index contributed by atoms with van der Waals surface area (Å²) >= 11 is 3.02. The van der Waals surface area contributed by atoms with Gasteiger partial charge >= 0.3 is 0 Å². The number of carbonyl (C=O) groups is 1. The van der Waals surface area contributed by atoms with Gasteiger partial charge in [-0.3, -0.25) is 4.79 Å². The van der Waals surface area contributed by atoms with Crippen LogP contribution in [-0.4, -0.2) is 35.9 Å². The molecular formula is C13H15N3O2S2. The molecule has 1 unspecified atom stereocenters. The molecule has 0 saturated carbocycles. The lowest BCUT2D eigenvalue weighted by atomic mass is 10.3. The maximum Gasteiger partial charge on any atom is 0.230 e. The molecule has 1 atom stereocenters. The molecule has 3 N–H and O–H groups in total. The average molecular weight is 309 g/mol. The molecule has 20 heavy (non-hydrogen) atoms. The van der Waals surface area contributed by atoms with E-state index in [1.165, 1.54) is 11.8 Å². The number of nitrogens with two attached hydrogens (primary N) is 1. The third kappa shape index (κ3) is 3.23. The van der Waals surface area contributed by atoms with Crippen LogP contribution in [0.15, 0.2) is 22.5 Å². The van der Waals surface area contributed by atoms with E-state index in [1.807, 2.05) is 18.2 Å². The lowest BCUT2D eigenvalue weighted by molar-refractivity contribution is -0.119. The van der Waals surface area contributed by atoms with E-state index in [0.29, 0.717) is 12.4 Å². The molecule has 1 fully saturated rings. The number of fused-ring (bicyclic) bond motifs is 1. The minimum Gasteiger partial charge on any atom is -0.399 e. The molecule has 7 heteroatoms. The first-order valence-corrected chi connectivity index (χ1v) is 8.17. The number of benzene rings is 1. The van der Waals surface area contributed by atoms with Crippen LogP contribution in [0.2, 0.25) is 0 Å². The Balaban J connectivity index is 1.57. The molecule has 1 amide bonds. The second-order valence-corrected chi connectivity index (χ2v) is 6.88. The van der Waals surface area contributed by atoms with Crippen LogP contribution < -0.4 is 11.1 Å². The SMILES string of the molecule is Nc1ccc2nc(SCC(=O)NC3CCOC3)sc2c1. The number of aromatic nitrogens is 1. The van der Waals surface area contributed by atoms with Crippen molar-refractivity contribution in [1.29, 1.82) is 0 Å². The predicted octanol–water partition coefficient (Wildman–Crippen LogP) is 1.88. The van der Waals surface area contributed by atoms with Gasteiger partial charge in [0.2, 0.25) is 5.91 Å². The zero-order valence-electron chi connectivity index (χ0n) is 10.8. The summed E-state index contributed by atoms with van der Waals surface area (Å²) in [5.41, 5.74) is 7.40. The van der Waals surface area contributed by atoms with Gasteiger partial charge < -0.3 is 15.8 Å². The minimum absolute atomic E-state index is 0.0317. The molecule has 0 aliphatic carbocycles. The number of anilines is 1. The first kappa shape index (κ1) is 13.7. The Kier molecular flexibility index (Phi) is 4.09. The molecule has 5 nitrogen and oxygen atoms in total. The Hall–Kier alpha value is -1.31.